The fraction of sp³-hybridized carbons (Fsp3) is 0.200. The summed E-state index contributed by atoms with van der Waals surface area (Å²) in [6, 6.07) is 9.38. The van der Waals surface area contributed by atoms with E-state index in [0.29, 0.717) is 11.5 Å². The van der Waals surface area contributed by atoms with E-state index in [2.05, 4.69) is 33.1 Å². The first-order valence-electron chi connectivity index (χ1n) is 6.32. The topological polar surface area (TPSA) is 63.8 Å². The van der Waals surface area contributed by atoms with Crippen molar-refractivity contribution in [1.29, 1.82) is 0 Å². The monoisotopic (exact) mass is 398 g/mol. The summed E-state index contributed by atoms with van der Waals surface area (Å²) in [4.78, 5) is 11.6. The Bertz CT molecular complexity index is 665. The Morgan fingerprint density at radius 2 is 2.19 bits per heavy atom. The van der Waals surface area contributed by atoms with Gasteiger partial charge in [-0.25, -0.2) is 5.43 Å². The Morgan fingerprint density at radius 1 is 1.38 bits per heavy atom. The molecular weight excluding hydrogens is 383 g/mol. The number of aryl methyl sites for hydroxylation is 2. The summed E-state index contributed by atoms with van der Waals surface area (Å²) in [7, 11) is 0. The zero-order chi connectivity index (χ0) is 15.2. The lowest BCUT2D eigenvalue weighted by atomic mass is 10.1. The molecular formula is C15H15IN2O3. The number of furan rings is 1. The molecule has 2 aromatic rings. The molecule has 0 unspecified atom stereocenters. The number of hydrogen-bond acceptors (Lipinski definition) is 4. The third-order valence-electron chi connectivity index (χ3n) is 2.66. The average Bonchev–Trinajstić information content (AvgIpc) is 2.83. The molecule has 1 N–H and O–H groups in total. The van der Waals surface area contributed by atoms with Gasteiger partial charge in [0.25, 0.3) is 5.91 Å². The van der Waals surface area contributed by atoms with E-state index >= 15 is 0 Å². The second-order valence-corrected chi connectivity index (χ2v) is 5.56. The molecule has 0 saturated heterocycles. The number of benzene rings is 1. The van der Waals surface area contributed by atoms with Gasteiger partial charge in [-0.2, -0.15) is 5.10 Å². The lowest BCUT2D eigenvalue weighted by Crippen LogP contribution is -2.24. The van der Waals surface area contributed by atoms with Gasteiger partial charge in [-0.05, 0) is 60.2 Å². The summed E-state index contributed by atoms with van der Waals surface area (Å²) in [6.45, 7) is 3.86. The Labute approximate surface area is 136 Å². The number of rotatable bonds is 5. The maximum atomic E-state index is 11.6. The number of carbonyl (C=O) groups excluding carboxylic acids is 1. The smallest absolute Gasteiger partial charge is 0.277 e. The SMILES string of the molecule is Cc1ccc(OCC(=O)N/N=C/c2ccc(I)o2)c(C)c1. The van der Waals surface area contributed by atoms with E-state index in [0.717, 1.165) is 14.9 Å². The quantitative estimate of drug-likeness (QED) is 0.479. The van der Waals surface area contributed by atoms with E-state index in [4.69, 9.17) is 9.15 Å². The van der Waals surface area contributed by atoms with Crippen molar-refractivity contribution in [2.24, 2.45) is 5.10 Å². The fourth-order valence-corrected chi connectivity index (χ4v) is 2.14. The zero-order valence-electron chi connectivity index (χ0n) is 11.7. The summed E-state index contributed by atoms with van der Waals surface area (Å²) >= 11 is 2.06. The summed E-state index contributed by atoms with van der Waals surface area (Å²) in [5.74, 6) is 0.947. The van der Waals surface area contributed by atoms with Crippen LogP contribution >= 0.6 is 22.6 Å². The first-order chi connectivity index (χ1) is 10.0. The molecule has 1 amide bonds. The van der Waals surface area contributed by atoms with Crippen molar-refractivity contribution in [2.75, 3.05) is 6.61 Å². The van der Waals surface area contributed by atoms with E-state index < -0.39 is 0 Å². The summed E-state index contributed by atoms with van der Waals surface area (Å²) in [5.41, 5.74) is 4.54. The second-order valence-electron chi connectivity index (χ2n) is 4.49. The van der Waals surface area contributed by atoms with Gasteiger partial charge in [0.05, 0.1) is 6.21 Å². The van der Waals surface area contributed by atoms with E-state index in [-0.39, 0.29) is 12.5 Å². The minimum absolute atomic E-state index is 0.0864. The lowest BCUT2D eigenvalue weighted by molar-refractivity contribution is -0.123. The summed E-state index contributed by atoms with van der Waals surface area (Å²) < 4.78 is 11.5. The Balaban J connectivity index is 1.81. The van der Waals surface area contributed by atoms with Crippen molar-refractivity contribution in [3.63, 3.8) is 0 Å². The molecule has 110 valence electrons. The van der Waals surface area contributed by atoms with Crippen LogP contribution in [0.25, 0.3) is 0 Å². The van der Waals surface area contributed by atoms with Crippen molar-refractivity contribution in [3.05, 3.63) is 51.0 Å². The molecule has 1 heterocycles. The average molecular weight is 398 g/mol. The van der Waals surface area contributed by atoms with Crippen LogP contribution in [0.1, 0.15) is 16.9 Å². The van der Waals surface area contributed by atoms with Crippen LogP contribution in [0.5, 0.6) is 5.75 Å². The van der Waals surface area contributed by atoms with Gasteiger partial charge in [-0.15, -0.1) is 0 Å². The molecule has 0 spiro atoms. The number of hydrogen-bond donors (Lipinski definition) is 1. The predicted octanol–water partition coefficient (Wildman–Crippen LogP) is 3.03. The molecule has 0 aliphatic carbocycles. The summed E-state index contributed by atoms with van der Waals surface area (Å²) in [6.07, 6.45) is 1.44. The van der Waals surface area contributed by atoms with E-state index in [1.807, 2.05) is 38.1 Å². The normalized spacial score (nSPS) is 10.8. The molecule has 0 bridgehead atoms. The molecule has 0 saturated carbocycles. The van der Waals surface area contributed by atoms with Gasteiger partial charge in [0.1, 0.15) is 11.5 Å². The van der Waals surface area contributed by atoms with Crippen LogP contribution in [-0.2, 0) is 4.79 Å². The molecule has 6 heteroatoms. The minimum Gasteiger partial charge on any atom is -0.483 e. The fourth-order valence-electron chi connectivity index (χ4n) is 1.70. The molecule has 0 radical (unpaired) electrons. The van der Waals surface area contributed by atoms with Crippen LogP contribution in [0.4, 0.5) is 0 Å². The first-order valence-corrected chi connectivity index (χ1v) is 7.40. The minimum atomic E-state index is -0.326. The number of hydrazone groups is 1. The van der Waals surface area contributed by atoms with E-state index in [9.17, 15) is 4.79 Å². The molecule has 0 atom stereocenters. The molecule has 1 aromatic carbocycles. The van der Waals surface area contributed by atoms with Crippen LogP contribution in [0.2, 0.25) is 0 Å². The highest BCUT2D eigenvalue weighted by Gasteiger charge is 2.04. The van der Waals surface area contributed by atoms with Gasteiger partial charge in [-0.1, -0.05) is 17.7 Å². The molecule has 21 heavy (non-hydrogen) atoms. The highest BCUT2D eigenvalue weighted by molar-refractivity contribution is 14.1. The van der Waals surface area contributed by atoms with Gasteiger partial charge in [-0.3, -0.25) is 4.79 Å². The second kappa shape index (κ2) is 7.26. The van der Waals surface area contributed by atoms with Gasteiger partial charge < -0.3 is 9.15 Å². The van der Waals surface area contributed by atoms with Gasteiger partial charge >= 0.3 is 0 Å². The Hall–Kier alpha value is -1.83. The number of nitrogens with one attached hydrogen (secondary N) is 1. The molecule has 0 fully saturated rings. The number of carbonyl (C=O) groups is 1. The number of ether oxygens (including phenoxy) is 1. The van der Waals surface area contributed by atoms with Crippen molar-refractivity contribution < 1.29 is 13.9 Å². The third-order valence-corrected chi connectivity index (χ3v) is 3.24. The van der Waals surface area contributed by atoms with Crippen LogP contribution in [0, 0.1) is 17.6 Å². The zero-order valence-corrected chi connectivity index (χ0v) is 13.9. The van der Waals surface area contributed by atoms with Crippen LogP contribution in [0.15, 0.2) is 39.9 Å². The number of amides is 1. The van der Waals surface area contributed by atoms with E-state index in [1.165, 1.54) is 6.21 Å². The van der Waals surface area contributed by atoms with Crippen molar-refractivity contribution >= 4 is 34.7 Å². The number of halogens is 1. The van der Waals surface area contributed by atoms with E-state index in [1.54, 1.807) is 6.07 Å². The molecule has 0 aliphatic rings. The van der Waals surface area contributed by atoms with Crippen LogP contribution in [-0.4, -0.2) is 18.7 Å². The highest BCUT2D eigenvalue weighted by atomic mass is 127. The lowest BCUT2D eigenvalue weighted by Gasteiger charge is -2.08. The van der Waals surface area contributed by atoms with Gasteiger partial charge in [0, 0.05) is 0 Å². The summed E-state index contributed by atoms with van der Waals surface area (Å²) in [5, 5.41) is 3.80. The molecule has 0 aliphatic heterocycles. The third kappa shape index (κ3) is 4.89. The van der Waals surface area contributed by atoms with Gasteiger partial charge in [0.15, 0.2) is 10.4 Å². The van der Waals surface area contributed by atoms with Crippen molar-refractivity contribution in [2.45, 2.75) is 13.8 Å². The highest BCUT2D eigenvalue weighted by Crippen LogP contribution is 2.18. The predicted molar refractivity (Wildman–Crippen MR) is 88.6 cm³/mol. The maximum Gasteiger partial charge on any atom is 0.277 e. The van der Waals surface area contributed by atoms with Crippen molar-refractivity contribution in [1.82, 2.24) is 5.43 Å². The largest absolute Gasteiger partial charge is 0.483 e. The molecule has 2 rings (SSSR count). The maximum absolute atomic E-state index is 11.6. The van der Waals surface area contributed by atoms with Crippen LogP contribution < -0.4 is 10.2 Å². The molecule has 1 aromatic heterocycles. The Morgan fingerprint density at radius 3 is 2.86 bits per heavy atom. The standard InChI is InChI=1S/C15H15IN2O3/c1-10-3-5-13(11(2)7-10)20-9-15(19)18-17-8-12-4-6-14(16)21-12/h3-8H,9H2,1-2H3,(H,18,19)/b17-8+. The van der Waals surface area contributed by atoms with Crippen LogP contribution in [0.3, 0.4) is 0 Å². The first kappa shape index (κ1) is 15.6. The number of nitrogens with zero attached hydrogens (tertiary/aromatic N) is 1. The van der Waals surface area contributed by atoms with Crippen molar-refractivity contribution in [3.8, 4) is 5.75 Å². The Kier molecular flexibility index (Phi) is 5.38. The molecule has 5 nitrogen and oxygen atoms in total. The van der Waals surface area contributed by atoms with Gasteiger partial charge in [0.2, 0.25) is 0 Å².